The zero-order valence-electron chi connectivity index (χ0n) is 15.3. The van der Waals surface area contributed by atoms with Crippen LogP contribution in [0.15, 0.2) is 41.5 Å². The van der Waals surface area contributed by atoms with Gasteiger partial charge in [0.25, 0.3) is 0 Å². The van der Waals surface area contributed by atoms with Gasteiger partial charge in [-0.05, 0) is 55.4 Å². The van der Waals surface area contributed by atoms with Gasteiger partial charge in [0.15, 0.2) is 11.2 Å². The fourth-order valence-corrected chi connectivity index (χ4v) is 5.13. The number of carbonyl (C=O) groups is 1. The highest BCUT2D eigenvalue weighted by Crippen LogP contribution is 2.38. The predicted octanol–water partition coefficient (Wildman–Crippen LogP) is 5.04. The maximum atomic E-state index is 12.9. The molecule has 0 amide bonds. The number of ketones is 1. The number of rotatable bonds is 2. The first kappa shape index (κ1) is 17.1. The number of Topliss-reactive ketones (excluding diaryl/α,β-unsaturated/α-hetero) is 1. The minimum Gasteiger partial charge on any atom is -0.294 e. The summed E-state index contributed by atoms with van der Waals surface area (Å²) in [7, 11) is 0. The molecule has 2 heterocycles. The van der Waals surface area contributed by atoms with Crippen molar-refractivity contribution >= 4 is 27.2 Å². The first-order valence-corrected chi connectivity index (χ1v) is 9.71. The standard InChI is InChI=1S/C22H21NO2S/c1-13(24)15-8-16(12-23-11-15)14-4-5-17-19(9-14)26-20-10-22(2,3)7-6-18(20)21(17)25/h4-5,8-9,11-12H,6-7,10H2,1-3H3. The lowest BCUT2D eigenvalue weighted by molar-refractivity contribution is 0.101. The summed E-state index contributed by atoms with van der Waals surface area (Å²) in [6.45, 7) is 6.08. The Balaban J connectivity index is 1.87. The fourth-order valence-electron chi connectivity index (χ4n) is 3.63. The molecule has 4 rings (SSSR count). The summed E-state index contributed by atoms with van der Waals surface area (Å²) in [4.78, 5) is 30.0. The molecule has 0 fully saturated rings. The molecule has 0 saturated heterocycles. The second kappa shape index (κ2) is 6.13. The zero-order valence-corrected chi connectivity index (χ0v) is 16.1. The molecule has 1 aromatic carbocycles. The van der Waals surface area contributed by atoms with Crippen LogP contribution >= 0.6 is 11.3 Å². The summed E-state index contributed by atoms with van der Waals surface area (Å²) in [6.07, 6.45) is 6.25. The fraction of sp³-hybridized carbons (Fsp3) is 0.318. The molecule has 26 heavy (non-hydrogen) atoms. The van der Waals surface area contributed by atoms with Gasteiger partial charge in [-0.2, -0.15) is 0 Å². The van der Waals surface area contributed by atoms with Crippen molar-refractivity contribution in [2.45, 2.75) is 40.0 Å². The maximum absolute atomic E-state index is 12.9. The molecular formula is C22H21NO2S. The van der Waals surface area contributed by atoms with E-state index in [2.05, 4.69) is 24.9 Å². The summed E-state index contributed by atoms with van der Waals surface area (Å²) in [5.74, 6) is 0.00102. The number of fused-ring (bicyclic) bond motifs is 2. The molecule has 1 aliphatic carbocycles. The summed E-state index contributed by atoms with van der Waals surface area (Å²) in [5.41, 5.74) is 3.93. The maximum Gasteiger partial charge on any atom is 0.191 e. The molecule has 3 aromatic rings. The number of pyridine rings is 1. The Morgan fingerprint density at radius 1 is 1.15 bits per heavy atom. The van der Waals surface area contributed by atoms with Gasteiger partial charge in [0, 0.05) is 44.0 Å². The van der Waals surface area contributed by atoms with E-state index < -0.39 is 0 Å². The molecule has 0 bridgehead atoms. The molecule has 132 valence electrons. The third kappa shape index (κ3) is 2.99. The molecular weight excluding hydrogens is 342 g/mol. The van der Waals surface area contributed by atoms with Gasteiger partial charge in [-0.25, -0.2) is 0 Å². The van der Waals surface area contributed by atoms with Crippen molar-refractivity contribution in [3.8, 4) is 11.1 Å². The molecule has 1 aliphatic rings. The summed E-state index contributed by atoms with van der Waals surface area (Å²) in [5, 5.41) is 0.799. The Morgan fingerprint density at radius 3 is 2.73 bits per heavy atom. The largest absolute Gasteiger partial charge is 0.294 e. The third-order valence-electron chi connectivity index (χ3n) is 5.24. The van der Waals surface area contributed by atoms with E-state index in [0.29, 0.717) is 5.56 Å². The van der Waals surface area contributed by atoms with Gasteiger partial charge in [0.05, 0.1) is 0 Å². The van der Waals surface area contributed by atoms with E-state index in [-0.39, 0.29) is 16.6 Å². The number of hydrogen-bond donors (Lipinski definition) is 0. The first-order chi connectivity index (χ1) is 12.3. The van der Waals surface area contributed by atoms with Crippen LogP contribution in [0.1, 0.15) is 48.0 Å². The van der Waals surface area contributed by atoms with Crippen molar-refractivity contribution in [1.29, 1.82) is 0 Å². The van der Waals surface area contributed by atoms with Gasteiger partial charge in [0.1, 0.15) is 0 Å². The Kier molecular flexibility index (Phi) is 4.03. The molecule has 0 unspecified atom stereocenters. The van der Waals surface area contributed by atoms with Gasteiger partial charge in [-0.1, -0.05) is 19.9 Å². The molecule has 0 N–H and O–H groups in total. The third-order valence-corrected chi connectivity index (χ3v) is 6.43. The second-order valence-corrected chi connectivity index (χ2v) is 9.04. The zero-order chi connectivity index (χ0) is 18.5. The average molecular weight is 363 g/mol. The minimum atomic E-state index is 0.00102. The second-order valence-electron chi connectivity index (χ2n) is 7.90. The molecule has 0 radical (unpaired) electrons. The van der Waals surface area contributed by atoms with E-state index in [1.54, 1.807) is 30.7 Å². The van der Waals surface area contributed by atoms with E-state index >= 15 is 0 Å². The number of carbonyl (C=O) groups excluding carboxylic acids is 1. The van der Waals surface area contributed by atoms with E-state index in [1.165, 1.54) is 4.88 Å². The molecule has 0 spiro atoms. The highest BCUT2D eigenvalue weighted by Gasteiger charge is 2.28. The van der Waals surface area contributed by atoms with Gasteiger partial charge in [-0.3, -0.25) is 14.6 Å². The van der Waals surface area contributed by atoms with Crippen LogP contribution < -0.4 is 5.43 Å². The monoisotopic (exact) mass is 363 g/mol. The van der Waals surface area contributed by atoms with Crippen LogP contribution in [-0.2, 0) is 12.8 Å². The van der Waals surface area contributed by atoms with Gasteiger partial charge in [0.2, 0.25) is 0 Å². The van der Waals surface area contributed by atoms with Crippen molar-refractivity contribution in [2.75, 3.05) is 0 Å². The van der Waals surface area contributed by atoms with Crippen LogP contribution in [0.25, 0.3) is 21.2 Å². The number of benzene rings is 1. The lowest BCUT2D eigenvalue weighted by atomic mass is 9.77. The Labute approximate surface area is 156 Å². The number of hydrogen-bond acceptors (Lipinski definition) is 4. The van der Waals surface area contributed by atoms with Crippen molar-refractivity contribution in [3.05, 3.63) is 62.9 Å². The van der Waals surface area contributed by atoms with Crippen molar-refractivity contribution in [3.63, 3.8) is 0 Å². The summed E-state index contributed by atoms with van der Waals surface area (Å²) in [6, 6.07) is 7.80. The Bertz CT molecular complexity index is 1090. The lowest BCUT2D eigenvalue weighted by Crippen LogP contribution is -2.26. The first-order valence-electron chi connectivity index (χ1n) is 8.89. The van der Waals surface area contributed by atoms with Crippen molar-refractivity contribution in [2.24, 2.45) is 5.41 Å². The van der Waals surface area contributed by atoms with Crippen molar-refractivity contribution < 1.29 is 4.79 Å². The normalized spacial score (nSPS) is 15.7. The predicted molar refractivity (Wildman–Crippen MR) is 107 cm³/mol. The van der Waals surface area contributed by atoms with E-state index in [4.69, 9.17) is 0 Å². The molecule has 2 aromatic heterocycles. The highest BCUT2D eigenvalue weighted by molar-refractivity contribution is 7.18. The minimum absolute atomic E-state index is 0.00102. The Morgan fingerprint density at radius 2 is 1.96 bits per heavy atom. The molecule has 0 atom stereocenters. The molecule has 3 nitrogen and oxygen atoms in total. The summed E-state index contributed by atoms with van der Waals surface area (Å²) >= 11 is 1.74. The van der Waals surface area contributed by atoms with Crippen LogP contribution in [0.2, 0.25) is 0 Å². The lowest BCUT2D eigenvalue weighted by Gasteiger charge is -2.30. The van der Waals surface area contributed by atoms with Crippen LogP contribution in [0, 0.1) is 5.41 Å². The van der Waals surface area contributed by atoms with Crippen LogP contribution in [-0.4, -0.2) is 10.8 Å². The smallest absolute Gasteiger partial charge is 0.191 e. The van der Waals surface area contributed by atoms with Gasteiger partial charge >= 0.3 is 0 Å². The van der Waals surface area contributed by atoms with E-state index in [9.17, 15) is 9.59 Å². The number of nitrogens with zero attached hydrogens (tertiary/aromatic N) is 1. The topological polar surface area (TPSA) is 47.0 Å². The molecule has 0 saturated carbocycles. The van der Waals surface area contributed by atoms with Gasteiger partial charge in [-0.15, -0.1) is 11.3 Å². The summed E-state index contributed by atoms with van der Waals surface area (Å²) < 4.78 is 1.01. The van der Waals surface area contributed by atoms with Crippen molar-refractivity contribution in [1.82, 2.24) is 4.98 Å². The van der Waals surface area contributed by atoms with Crippen LogP contribution in [0.3, 0.4) is 0 Å². The molecule has 0 aliphatic heterocycles. The van der Waals surface area contributed by atoms with Crippen LogP contribution in [0.4, 0.5) is 0 Å². The quantitative estimate of drug-likeness (QED) is 0.599. The SMILES string of the molecule is CC(=O)c1cncc(-c2ccc3c(=O)c4c(sc3c2)CC(C)(C)CC4)c1. The van der Waals surface area contributed by atoms with Crippen LogP contribution in [0.5, 0.6) is 0 Å². The molecule has 4 heteroatoms. The van der Waals surface area contributed by atoms with E-state index in [0.717, 1.165) is 46.0 Å². The highest BCUT2D eigenvalue weighted by atomic mass is 32.1. The number of aromatic nitrogens is 1. The van der Waals surface area contributed by atoms with E-state index in [1.807, 2.05) is 18.2 Å². The Hall–Kier alpha value is -2.33. The average Bonchev–Trinajstić information content (AvgIpc) is 2.60. The van der Waals surface area contributed by atoms with Gasteiger partial charge < -0.3 is 0 Å².